The number of hydrogen-bond acceptors (Lipinski definition) is 6. The third-order valence-corrected chi connectivity index (χ3v) is 4.00. The lowest BCUT2D eigenvalue weighted by molar-refractivity contribution is -0.385. The third kappa shape index (κ3) is 4.65. The van der Waals surface area contributed by atoms with E-state index in [4.69, 9.17) is 9.47 Å². The molecule has 0 aromatic heterocycles. The standard InChI is InChI=1S/C20H19N3O5/c1-4-14-6-5-13(10-17(14)23(25)26)9-15(12-21)20(24)22-16-7-8-18(27-2)19(11-16)28-3/h5-11H,4H2,1-3H3,(H,22,24)/b15-9+. The van der Waals surface area contributed by atoms with Gasteiger partial charge < -0.3 is 14.8 Å². The van der Waals surface area contributed by atoms with Crippen molar-refractivity contribution in [2.75, 3.05) is 19.5 Å². The minimum atomic E-state index is -0.642. The average molecular weight is 381 g/mol. The molecule has 0 radical (unpaired) electrons. The van der Waals surface area contributed by atoms with Crippen LogP contribution in [0, 0.1) is 21.4 Å². The second-order valence-electron chi connectivity index (χ2n) is 5.69. The Morgan fingerprint density at radius 2 is 1.93 bits per heavy atom. The average Bonchev–Trinajstić information content (AvgIpc) is 2.71. The molecular formula is C20H19N3O5. The number of carbonyl (C=O) groups excluding carboxylic acids is 1. The Morgan fingerprint density at radius 3 is 2.50 bits per heavy atom. The van der Waals surface area contributed by atoms with Crippen LogP contribution >= 0.6 is 0 Å². The molecule has 0 spiro atoms. The van der Waals surface area contributed by atoms with Crippen molar-refractivity contribution in [3.8, 4) is 17.6 Å². The van der Waals surface area contributed by atoms with Gasteiger partial charge in [0.2, 0.25) is 0 Å². The molecule has 2 aromatic rings. The zero-order valence-corrected chi connectivity index (χ0v) is 15.7. The number of benzene rings is 2. The first kappa shape index (κ1) is 20.5. The first-order valence-electron chi connectivity index (χ1n) is 8.36. The summed E-state index contributed by atoms with van der Waals surface area (Å²) in [7, 11) is 2.96. The van der Waals surface area contributed by atoms with Crippen molar-refractivity contribution in [2.45, 2.75) is 13.3 Å². The number of amides is 1. The van der Waals surface area contributed by atoms with Gasteiger partial charge in [-0.05, 0) is 30.2 Å². The van der Waals surface area contributed by atoms with E-state index in [1.807, 2.05) is 13.0 Å². The molecule has 28 heavy (non-hydrogen) atoms. The van der Waals surface area contributed by atoms with E-state index in [-0.39, 0.29) is 11.3 Å². The molecule has 0 atom stereocenters. The Kier molecular flexibility index (Phi) is 6.71. The van der Waals surface area contributed by atoms with E-state index in [1.165, 1.54) is 26.4 Å². The summed E-state index contributed by atoms with van der Waals surface area (Å²) in [6, 6.07) is 11.2. The lowest BCUT2D eigenvalue weighted by Gasteiger charge is -2.10. The molecular weight excluding hydrogens is 362 g/mol. The van der Waals surface area contributed by atoms with Crippen molar-refractivity contribution < 1.29 is 19.2 Å². The summed E-state index contributed by atoms with van der Waals surface area (Å²) in [4.78, 5) is 23.2. The van der Waals surface area contributed by atoms with Crippen LogP contribution in [0.15, 0.2) is 42.0 Å². The zero-order chi connectivity index (χ0) is 20.7. The topological polar surface area (TPSA) is 114 Å². The fourth-order valence-electron chi connectivity index (χ4n) is 2.57. The molecule has 0 saturated carbocycles. The quantitative estimate of drug-likeness (QED) is 0.338. The second-order valence-corrected chi connectivity index (χ2v) is 5.69. The zero-order valence-electron chi connectivity index (χ0n) is 15.7. The summed E-state index contributed by atoms with van der Waals surface area (Å²) in [5.74, 6) is 0.283. The Labute approximate surface area is 162 Å². The number of carbonyl (C=O) groups is 1. The summed E-state index contributed by atoms with van der Waals surface area (Å²) < 4.78 is 10.3. The van der Waals surface area contributed by atoms with Gasteiger partial charge in [0.1, 0.15) is 11.6 Å². The molecule has 8 heteroatoms. The van der Waals surface area contributed by atoms with Crippen LogP contribution in [0.1, 0.15) is 18.1 Å². The van der Waals surface area contributed by atoms with E-state index in [1.54, 1.807) is 30.3 Å². The Balaban J connectivity index is 2.30. The molecule has 144 valence electrons. The van der Waals surface area contributed by atoms with Gasteiger partial charge in [-0.2, -0.15) is 5.26 Å². The van der Waals surface area contributed by atoms with Crippen LogP contribution in [-0.4, -0.2) is 25.1 Å². The van der Waals surface area contributed by atoms with E-state index in [2.05, 4.69) is 5.32 Å². The number of nitro benzene ring substituents is 1. The fourth-order valence-corrected chi connectivity index (χ4v) is 2.57. The van der Waals surface area contributed by atoms with Crippen molar-refractivity contribution in [3.05, 3.63) is 63.2 Å². The van der Waals surface area contributed by atoms with Crippen LogP contribution in [0.25, 0.3) is 6.08 Å². The molecule has 0 saturated heterocycles. The van der Waals surface area contributed by atoms with Gasteiger partial charge in [-0.3, -0.25) is 14.9 Å². The Morgan fingerprint density at radius 1 is 1.21 bits per heavy atom. The van der Waals surface area contributed by atoms with Crippen molar-refractivity contribution in [3.63, 3.8) is 0 Å². The van der Waals surface area contributed by atoms with E-state index in [9.17, 15) is 20.2 Å². The molecule has 2 rings (SSSR count). The van der Waals surface area contributed by atoms with Gasteiger partial charge >= 0.3 is 0 Å². The number of aryl methyl sites for hydroxylation is 1. The van der Waals surface area contributed by atoms with E-state index < -0.39 is 10.8 Å². The number of anilines is 1. The lowest BCUT2D eigenvalue weighted by atomic mass is 10.0. The minimum absolute atomic E-state index is 0.0474. The Hall–Kier alpha value is -3.86. The Bertz CT molecular complexity index is 976. The van der Waals surface area contributed by atoms with E-state index >= 15 is 0 Å². The van der Waals surface area contributed by atoms with Gasteiger partial charge in [-0.1, -0.05) is 19.1 Å². The highest BCUT2D eigenvalue weighted by atomic mass is 16.6. The number of nitrogens with zero attached hydrogens (tertiary/aromatic N) is 2. The SMILES string of the molecule is CCc1ccc(/C=C(\C#N)C(=O)Nc2ccc(OC)c(OC)c2)cc1[N+](=O)[O-]. The first-order valence-corrected chi connectivity index (χ1v) is 8.36. The molecule has 0 bridgehead atoms. The lowest BCUT2D eigenvalue weighted by Crippen LogP contribution is -2.13. The first-order chi connectivity index (χ1) is 13.4. The number of nitrogens with one attached hydrogen (secondary N) is 1. The third-order valence-electron chi connectivity index (χ3n) is 4.00. The van der Waals surface area contributed by atoms with Gasteiger partial charge in [-0.25, -0.2) is 0 Å². The number of ether oxygens (including phenoxy) is 2. The van der Waals surface area contributed by atoms with Crippen LogP contribution in [0.4, 0.5) is 11.4 Å². The molecule has 1 N–H and O–H groups in total. The van der Waals surface area contributed by atoms with Crippen molar-refractivity contribution in [1.82, 2.24) is 0 Å². The van der Waals surface area contributed by atoms with Crippen LogP contribution in [0.5, 0.6) is 11.5 Å². The van der Waals surface area contributed by atoms with Crippen LogP contribution < -0.4 is 14.8 Å². The maximum Gasteiger partial charge on any atom is 0.273 e. The summed E-state index contributed by atoms with van der Waals surface area (Å²) >= 11 is 0. The minimum Gasteiger partial charge on any atom is -0.493 e. The van der Waals surface area contributed by atoms with Crippen LogP contribution in [0.3, 0.4) is 0 Å². The molecule has 0 heterocycles. The summed E-state index contributed by atoms with van der Waals surface area (Å²) in [6.45, 7) is 1.81. The van der Waals surface area contributed by atoms with Gasteiger partial charge in [0.05, 0.1) is 19.1 Å². The maximum atomic E-state index is 12.4. The second kappa shape index (κ2) is 9.19. The van der Waals surface area contributed by atoms with E-state index in [0.29, 0.717) is 34.7 Å². The number of methoxy groups -OCH3 is 2. The van der Waals surface area contributed by atoms with Gasteiger partial charge in [0.15, 0.2) is 11.5 Å². The summed E-state index contributed by atoms with van der Waals surface area (Å²) in [6.07, 6.45) is 1.81. The predicted molar refractivity (Wildman–Crippen MR) is 104 cm³/mol. The largest absolute Gasteiger partial charge is 0.493 e. The maximum absolute atomic E-state index is 12.4. The van der Waals surface area contributed by atoms with Crippen molar-refractivity contribution >= 4 is 23.4 Å². The predicted octanol–water partition coefficient (Wildman–Crippen LogP) is 3.72. The van der Waals surface area contributed by atoms with Crippen molar-refractivity contribution in [1.29, 1.82) is 5.26 Å². The number of nitriles is 1. The molecule has 0 fully saturated rings. The molecule has 0 aliphatic heterocycles. The summed E-state index contributed by atoms with van der Waals surface area (Å²) in [5, 5.41) is 23.1. The number of nitro groups is 1. The molecule has 0 unspecified atom stereocenters. The molecule has 1 amide bonds. The van der Waals surface area contributed by atoms with Gasteiger partial charge in [0.25, 0.3) is 11.6 Å². The molecule has 2 aromatic carbocycles. The van der Waals surface area contributed by atoms with E-state index in [0.717, 1.165) is 0 Å². The highest BCUT2D eigenvalue weighted by Crippen LogP contribution is 2.30. The fraction of sp³-hybridized carbons (Fsp3) is 0.200. The van der Waals surface area contributed by atoms with Crippen LogP contribution in [-0.2, 0) is 11.2 Å². The van der Waals surface area contributed by atoms with Crippen LogP contribution in [0.2, 0.25) is 0 Å². The summed E-state index contributed by atoms with van der Waals surface area (Å²) in [5.41, 5.74) is 1.15. The van der Waals surface area contributed by atoms with Gasteiger partial charge in [-0.15, -0.1) is 0 Å². The number of hydrogen-bond donors (Lipinski definition) is 1. The monoisotopic (exact) mass is 381 g/mol. The van der Waals surface area contributed by atoms with Crippen molar-refractivity contribution in [2.24, 2.45) is 0 Å². The smallest absolute Gasteiger partial charge is 0.273 e. The highest BCUT2D eigenvalue weighted by Gasteiger charge is 2.15. The molecule has 0 aliphatic rings. The number of rotatable bonds is 7. The van der Waals surface area contributed by atoms with Gasteiger partial charge in [0, 0.05) is 23.4 Å². The highest BCUT2D eigenvalue weighted by molar-refractivity contribution is 6.09. The molecule has 0 aliphatic carbocycles. The normalized spacial score (nSPS) is 10.7. The molecule has 8 nitrogen and oxygen atoms in total.